The Morgan fingerprint density at radius 2 is 0.805 bits per heavy atom. The summed E-state index contributed by atoms with van der Waals surface area (Å²) in [4.78, 5) is 3.78. The standard InChI is InChI=1S/C40H25N/c1-2-11-27-23-28(18-17-25(27)9-1)38-32-13-5-7-15-34(32)39(35-16-8-6-14-33(35)38)29-20-21-31-36-22-19-26-10-3-4-12-30(26)40(36)41-37(31)24-29/h1-24,41H. The number of benzene rings is 8. The minimum Gasteiger partial charge on any atom is -0.354 e. The molecule has 1 heterocycles. The first-order chi connectivity index (χ1) is 20.3. The van der Waals surface area contributed by atoms with Gasteiger partial charge in [-0.1, -0.05) is 133 Å². The number of aromatic amines is 1. The van der Waals surface area contributed by atoms with Gasteiger partial charge in [-0.05, 0) is 72.1 Å². The van der Waals surface area contributed by atoms with Crippen LogP contribution in [-0.4, -0.2) is 4.98 Å². The summed E-state index contributed by atoms with van der Waals surface area (Å²) in [7, 11) is 0. The van der Waals surface area contributed by atoms with Gasteiger partial charge in [-0.3, -0.25) is 0 Å². The Bertz CT molecular complexity index is 2420. The van der Waals surface area contributed by atoms with Crippen LogP contribution in [0.1, 0.15) is 0 Å². The second-order valence-corrected chi connectivity index (χ2v) is 11.0. The van der Waals surface area contributed by atoms with E-state index in [-0.39, 0.29) is 0 Å². The smallest absolute Gasteiger partial charge is 0.0544 e. The number of rotatable bonds is 2. The minimum absolute atomic E-state index is 1.17. The van der Waals surface area contributed by atoms with Crippen molar-refractivity contribution in [2.45, 2.75) is 0 Å². The van der Waals surface area contributed by atoms with Crippen LogP contribution in [0.3, 0.4) is 0 Å². The number of aromatic nitrogens is 1. The van der Waals surface area contributed by atoms with E-state index >= 15 is 0 Å². The van der Waals surface area contributed by atoms with Crippen molar-refractivity contribution >= 4 is 64.9 Å². The molecule has 0 aliphatic heterocycles. The zero-order chi connectivity index (χ0) is 26.9. The van der Waals surface area contributed by atoms with Crippen LogP contribution in [0.5, 0.6) is 0 Å². The normalized spacial score (nSPS) is 11.9. The molecule has 1 heteroatoms. The van der Waals surface area contributed by atoms with Crippen molar-refractivity contribution in [2.24, 2.45) is 0 Å². The van der Waals surface area contributed by atoms with Crippen LogP contribution in [0.2, 0.25) is 0 Å². The van der Waals surface area contributed by atoms with E-state index in [4.69, 9.17) is 0 Å². The fourth-order valence-electron chi connectivity index (χ4n) is 6.90. The number of hydrogen-bond donors (Lipinski definition) is 1. The van der Waals surface area contributed by atoms with Crippen molar-refractivity contribution < 1.29 is 0 Å². The van der Waals surface area contributed by atoms with Crippen LogP contribution in [0.25, 0.3) is 87.1 Å². The molecule has 0 spiro atoms. The van der Waals surface area contributed by atoms with Crippen LogP contribution >= 0.6 is 0 Å². The molecule has 0 amide bonds. The Balaban J connectivity index is 1.35. The van der Waals surface area contributed by atoms with Crippen molar-refractivity contribution in [3.8, 4) is 22.3 Å². The molecule has 0 unspecified atom stereocenters. The summed E-state index contributed by atoms with van der Waals surface area (Å²) in [6.07, 6.45) is 0. The van der Waals surface area contributed by atoms with E-state index in [0.717, 1.165) is 0 Å². The predicted octanol–water partition coefficient (Wildman–Crippen LogP) is 11.3. The highest BCUT2D eigenvalue weighted by atomic mass is 14.7. The summed E-state index contributed by atoms with van der Waals surface area (Å²) in [6, 6.07) is 53.3. The predicted molar refractivity (Wildman–Crippen MR) is 177 cm³/mol. The van der Waals surface area contributed by atoms with Gasteiger partial charge in [0.15, 0.2) is 0 Å². The summed E-state index contributed by atoms with van der Waals surface area (Å²) >= 11 is 0. The van der Waals surface area contributed by atoms with E-state index in [1.807, 2.05) is 0 Å². The zero-order valence-electron chi connectivity index (χ0n) is 22.4. The van der Waals surface area contributed by atoms with Gasteiger partial charge >= 0.3 is 0 Å². The maximum atomic E-state index is 3.78. The number of H-pyrrole nitrogens is 1. The molecule has 0 atom stereocenters. The lowest BCUT2D eigenvalue weighted by Crippen LogP contribution is -1.91. The van der Waals surface area contributed by atoms with Crippen LogP contribution in [0, 0.1) is 0 Å². The maximum absolute atomic E-state index is 3.78. The van der Waals surface area contributed by atoms with Crippen LogP contribution < -0.4 is 0 Å². The molecule has 1 aromatic heterocycles. The van der Waals surface area contributed by atoms with Gasteiger partial charge in [-0.15, -0.1) is 0 Å². The van der Waals surface area contributed by atoms with Crippen LogP contribution in [-0.2, 0) is 0 Å². The van der Waals surface area contributed by atoms with Crippen molar-refractivity contribution in [3.63, 3.8) is 0 Å². The highest BCUT2D eigenvalue weighted by Gasteiger charge is 2.17. The Kier molecular flexibility index (Phi) is 4.67. The molecule has 0 bridgehead atoms. The van der Waals surface area contributed by atoms with Gasteiger partial charge in [0.1, 0.15) is 0 Å². The maximum Gasteiger partial charge on any atom is 0.0544 e. The second kappa shape index (κ2) is 8.55. The minimum atomic E-state index is 1.17. The van der Waals surface area contributed by atoms with Crippen molar-refractivity contribution in [3.05, 3.63) is 146 Å². The first-order valence-corrected chi connectivity index (χ1v) is 14.2. The van der Waals surface area contributed by atoms with Gasteiger partial charge in [-0.25, -0.2) is 0 Å². The molecule has 0 saturated heterocycles. The number of nitrogens with one attached hydrogen (secondary N) is 1. The van der Waals surface area contributed by atoms with Gasteiger partial charge in [-0.2, -0.15) is 0 Å². The molecule has 8 aromatic carbocycles. The molecular formula is C40H25N. The van der Waals surface area contributed by atoms with Gasteiger partial charge in [0, 0.05) is 21.7 Å². The third-order valence-electron chi connectivity index (χ3n) is 8.76. The third-order valence-corrected chi connectivity index (χ3v) is 8.76. The molecule has 9 rings (SSSR count). The average Bonchev–Trinajstić information content (AvgIpc) is 3.42. The van der Waals surface area contributed by atoms with Crippen molar-refractivity contribution in [1.29, 1.82) is 0 Å². The second-order valence-electron chi connectivity index (χ2n) is 11.0. The van der Waals surface area contributed by atoms with Gasteiger partial charge in [0.2, 0.25) is 0 Å². The Hall–Kier alpha value is -5.40. The molecule has 1 nitrogen and oxygen atoms in total. The van der Waals surface area contributed by atoms with Crippen LogP contribution in [0.4, 0.5) is 0 Å². The highest BCUT2D eigenvalue weighted by molar-refractivity contribution is 6.23. The molecule has 41 heavy (non-hydrogen) atoms. The summed E-state index contributed by atoms with van der Waals surface area (Å²) in [5.41, 5.74) is 7.43. The van der Waals surface area contributed by atoms with Gasteiger partial charge in [0.25, 0.3) is 0 Å². The van der Waals surface area contributed by atoms with E-state index in [1.165, 1.54) is 87.1 Å². The van der Waals surface area contributed by atoms with Gasteiger partial charge < -0.3 is 4.98 Å². The molecule has 1 N–H and O–H groups in total. The lowest BCUT2D eigenvalue weighted by Gasteiger charge is -2.18. The SMILES string of the molecule is c1ccc2cc(-c3c4ccccc4c(-c4ccc5c(c4)[nH]c4c6ccccc6ccc54)c4ccccc34)ccc2c1. The first kappa shape index (κ1) is 22.4. The number of fused-ring (bicyclic) bond motifs is 8. The zero-order valence-corrected chi connectivity index (χ0v) is 22.4. The molecule has 9 aromatic rings. The molecule has 0 aliphatic rings. The molecule has 0 radical (unpaired) electrons. The van der Waals surface area contributed by atoms with Crippen molar-refractivity contribution in [2.75, 3.05) is 0 Å². The van der Waals surface area contributed by atoms with E-state index in [0.29, 0.717) is 0 Å². The molecule has 0 fully saturated rings. The summed E-state index contributed by atoms with van der Waals surface area (Å²) < 4.78 is 0. The number of hydrogen-bond acceptors (Lipinski definition) is 0. The molecule has 0 saturated carbocycles. The quantitative estimate of drug-likeness (QED) is 0.219. The highest BCUT2D eigenvalue weighted by Crippen LogP contribution is 2.45. The fraction of sp³-hybridized carbons (Fsp3) is 0. The van der Waals surface area contributed by atoms with Gasteiger partial charge in [0.05, 0.1) is 5.52 Å². The third kappa shape index (κ3) is 3.30. The largest absolute Gasteiger partial charge is 0.354 e. The van der Waals surface area contributed by atoms with E-state index in [2.05, 4.69) is 151 Å². The Morgan fingerprint density at radius 1 is 0.317 bits per heavy atom. The summed E-state index contributed by atoms with van der Waals surface area (Å²) in [5.74, 6) is 0. The fourth-order valence-corrected chi connectivity index (χ4v) is 6.90. The topological polar surface area (TPSA) is 15.8 Å². The van der Waals surface area contributed by atoms with Crippen LogP contribution in [0.15, 0.2) is 146 Å². The average molecular weight is 520 g/mol. The molecule has 190 valence electrons. The Labute approximate surface area is 237 Å². The van der Waals surface area contributed by atoms with E-state index in [9.17, 15) is 0 Å². The Morgan fingerprint density at radius 3 is 1.49 bits per heavy atom. The lowest BCUT2D eigenvalue weighted by molar-refractivity contribution is 1.56. The monoisotopic (exact) mass is 519 g/mol. The van der Waals surface area contributed by atoms with E-state index < -0.39 is 0 Å². The summed E-state index contributed by atoms with van der Waals surface area (Å²) in [6.45, 7) is 0. The summed E-state index contributed by atoms with van der Waals surface area (Å²) in [5, 5.41) is 12.7. The molecule has 0 aliphatic carbocycles. The first-order valence-electron chi connectivity index (χ1n) is 14.2. The van der Waals surface area contributed by atoms with E-state index in [1.54, 1.807) is 0 Å². The van der Waals surface area contributed by atoms with Crippen molar-refractivity contribution in [1.82, 2.24) is 4.98 Å². The molecular weight excluding hydrogens is 494 g/mol. The lowest BCUT2D eigenvalue weighted by atomic mass is 9.85.